The van der Waals surface area contributed by atoms with E-state index in [1.54, 1.807) is 14.2 Å². The minimum absolute atomic E-state index is 0.276. The molecule has 0 saturated carbocycles. The van der Waals surface area contributed by atoms with Crippen LogP contribution in [0.2, 0.25) is 0 Å². The van der Waals surface area contributed by atoms with Crippen LogP contribution in [0.15, 0.2) is 5.16 Å². The Kier molecular flexibility index (Phi) is 4.75. The van der Waals surface area contributed by atoms with Crippen LogP contribution in [0.1, 0.15) is 13.8 Å². The molecule has 90 valence electrons. The number of hydrogen-bond donors (Lipinski definition) is 1. The number of anilines is 2. The maximum atomic E-state index is 5.04. The predicted molar refractivity (Wildman–Crippen MR) is 65.8 cm³/mol. The summed E-state index contributed by atoms with van der Waals surface area (Å²) in [6, 6.07) is 0.276. The second-order valence-electron chi connectivity index (χ2n) is 3.42. The normalized spacial score (nSPS) is 10.6. The van der Waals surface area contributed by atoms with Crippen molar-refractivity contribution in [2.24, 2.45) is 0 Å². The average molecular weight is 243 g/mol. The van der Waals surface area contributed by atoms with Crippen LogP contribution < -0.4 is 10.4 Å². The van der Waals surface area contributed by atoms with Gasteiger partial charge in [-0.15, -0.1) is 0 Å². The molecular formula is C9H17N5OS. The maximum Gasteiger partial charge on any atom is 0.255 e. The fourth-order valence-corrected chi connectivity index (χ4v) is 1.33. The quantitative estimate of drug-likeness (QED) is 0.619. The van der Waals surface area contributed by atoms with Crippen LogP contribution in [-0.2, 0) is 4.84 Å². The van der Waals surface area contributed by atoms with Gasteiger partial charge in [-0.05, 0) is 20.1 Å². The molecule has 16 heavy (non-hydrogen) atoms. The zero-order chi connectivity index (χ0) is 12.1. The van der Waals surface area contributed by atoms with E-state index in [2.05, 4.69) is 20.3 Å². The summed E-state index contributed by atoms with van der Waals surface area (Å²) in [6.07, 6.45) is 1.92. The van der Waals surface area contributed by atoms with Gasteiger partial charge in [0.25, 0.3) is 5.95 Å². The molecule has 0 bridgehead atoms. The van der Waals surface area contributed by atoms with Crippen LogP contribution in [0, 0.1) is 0 Å². The van der Waals surface area contributed by atoms with Crippen LogP contribution in [-0.4, -0.2) is 41.4 Å². The molecule has 6 nitrogen and oxygen atoms in total. The second kappa shape index (κ2) is 5.86. The molecule has 0 spiro atoms. The number of hydrogen-bond acceptors (Lipinski definition) is 7. The van der Waals surface area contributed by atoms with Gasteiger partial charge < -0.3 is 5.32 Å². The van der Waals surface area contributed by atoms with Gasteiger partial charge >= 0.3 is 0 Å². The zero-order valence-electron chi connectivity index (χ0n) is 10.2. The molecule has 7 heteroatoms. The van der Waals surface area contributed by atoms with Crippen LogP contribution in [0.4, 0.5) is 11.9 Å². The molecule has 1 N–H and O–H groups in total. The number of hydroxylamine groups is 1. The Morgan fingerprint density at radius 1 is 1.31 bits per heavy atom. The number of nitrogens with zero attached hydrogens (tertiary/aromatic N) is 4. The van der Waals surface area contributed by atoms with Crippen molar-refractivity contribution in [3.8, 4) is 0 Å². The highest BCUT2D eigenvalue weighted by Gasteiger charge is 2.10. The predicted octanol–water partition coefficient (Wildman–Crippen LogP) is 1.41. The topological polar surface area (TPSA) is 63.2 Å². The fourth-order valence-electron chi connectivity index (χ4n) is 0.982. The molecule has 0 atom stereocenters. The standard InChI is InChI=1S/C9H17N5OS/c1-6(2)10-7-11-8(14(3)15-4)13-9(12-7)16-5/h6H,1-5H3,(H,10,11,12,13). The van der Waals surface area contributed by atoms with E-state index >= 15 is 0 Å². The molecule has 0 fully saturated rings. The molecule has 0 amide bonds. The Labute approximate surface area is 99.8 Å². The first kappa shape index (κ1) is 13.0. The summed E-state index contributed by atoms with van der Waals surface area (Å²) >= 11 is 1.47. The summed E-state index contributed by atoms with van der Waals surface area (Å²) in [6.45, 7) is 4.06. The molecule has 0 saturated heterocycles. The van der Waals surface area contributed by atoms with E-state index in [1.807, 2.05) is 20.1 Å². The maximum absolute atomic E-state index is 5.04. The zero-order valence-corrected chi connectivity index (χ0v) is 11.0. The van der Waals surface area contributed by atoms with E-state index in [-0.39, 0.29) is 6.04 Å². The van der Waals surface area contributed by atoms with E-state index in [1.165, 1.54) is 16.8 Å². The Morgan fingerprint density at radius 2 is 2.00 bits per heavy atom. The first-order valence-corrected chi connectivity index (χ1v) is 6.13. The number of aromatic nitrogens is 3. The second-order valence-corrected chi connectivity index (χ2v) is 4.20. The smallest absolute Gasteiger partial charge is 0.255 e. The fraction of sp³-hybridized carbons (Fsp3) is 0.667. The Balaban J connectivity index is 3.00. The lowest BCUT2D eigenvalue weighted by molar-refractivity contribution is 0.179. The number of thioether (sulfide) groups is 1. The van der Waals surface area contributed by atoms with Gasteiger partial charge in [-0.1, -0.05) is 11.8 Å². The third-order valence-electron chi connectivity index (χ3n) is 1.76. The van der Waals surface area contributed by atoms with Gasteiger partial charge in [0.15, 0.2) is 5.16 Å². The molecule has 1 rings (SSSR count). The van der Waals surface area contributed by atoms with Gasteiger partial charge in [-0.2, -0.15) is 15.0 Å². The molecule has 0 aliphatic rings. The van der Waals surface area contributed by atoms with Crippen molar-refractivity contribution in [2.75, 3.05) is 30.8 Å². The van der Waals surface area contributed by atoms with Gasteiger partial charge in [0, 0.05) is 13.1 Å². The Bertz CT molecular complexity index is 347. The molecule has 0 aromatic carbocycles. The third-order valence-corrected chi connectivity index (χ3v) is 2.31. The van der Waals surface area contributed by atoms with Gasteiger partial charge in [0.05, 0.1) is 7.11 Å². The highest BCUT2D eigenvalue weighted by Crippen LogP contribution is 2.16. The molecule has 0 aliphatic heterocycles. The van der Waals surface area contributed by atoms with Crippen molar-refractivity contribution in [1.82, 2.24) is 15.0 Å². The summed E-state index contributed by atoms with van der Waals surface area (Å²) in [5.74, 6) is 1.05. The minimum atomic E-state index is 0.276. The first-order valence-electron chi connectivity index (χ1n) is 4.91. The summed E-state index contributed by atoms with van der Waals surface area (Å²) in [4.78, 5) is 17.8. The third kappa shape index (κ3) is 3.49. The Hall–Kier alpha value is -1.08. The van der Waals surface area contributed by atoms with E-state index in [0.717, 1.165) is 0 Å². The van der Waals surface area contributed by atoms with Gasteiger partial charge in [-0.3, -0.25) is 4.84 Å². The van der Waals surface area contributed by atoms with Crippen LogP contribution in [0.5, 0.6) is 0 Å². The number of rotatable bonds is 5. The Morgan fingerprint density at radius 3 is 2.50 bits per heavy atom. The lowest BCUT2D eigenvalue weighted by Gasteiger charge is -2.15. The summed E-state index contributed by atoms with van der Waals surface area (Å²) < 4.78 is 0. The molecular weight excluding hydrogens is 226 g/mol. The van der Waals surface area contributed by atoms with Crippen molar-refractivity contribution >= 4 is 23.7 Å². The van der Waals surface area contributed by atoms with Crippen LogP contribution in [0.25, 0.3) is 0 Å². The lowest BCUT2D eigenvalue weighted by atomic mass is 10.4. The van der Waals surface area contributed by atoms with Crippen molar-refractivity contribution in [3.63, 3.8) is 0 Å². The monoisotopic (exact) mass is 243 g/mol. The summed E-state index contributed by atoms with van der Waals surface area (Å²) in [7, 11) is 3.32. The largest absolute Gasteiger partial charge is 0.352 e. The van der Waals surface area contributed by atoms with E-state index < -0.39 is 0 Å². The van der Waals surface area contributed by atoms with E-state index in [4.69, 9.17) is 4.84 Å². The average Bonchev–Trinajstić information content (AvgIpc) is 2.26. The molecule has 1 heterocycles. The summed E-state index contributed by atoms with van der Waals surface area (Å²) in [5, 5.41) is 5.30. The highest BCUT2D eigenvalue weighted by molar-refractivity contribution is 7.98. The first-order chi connectivity index (χ1) is 7.56. The van der Waals surface area contributed by atoms with Crippen molar-refractivity contribution in [3.05, 3.63) is 0 Å². The van der Waals surface area contributed by atoms with Gasteiger partial charge in [-0.25, -0.2) is 5.06 Å². The lowest BCUT2D eigenvalue weighted by Crippen LogP contribution is -2.20. The highest BCUT2D eigenvalue weighted by atomic mass is 32.2. The molecule has 1 aromatic heterocycles. The molecule has 0 aliphatic carbocycles. The van der Waals surface area contributed by atoms with Crippen molar-refractivity contribution in [1.29, 1.82) is 0 Å². The molecule has 1 aromatic rings. The number of nitrogens with one attached hydrogen (secondary N) is 1. The van der Waals surface area contributed by atoms with Gasteiger partial charge in [0.1, 0.15) is 0 Å². The van der Waals surface area contributed by atoms with Crippen molar-refractivity contribution < 1.29 is 4.84 Å². The molecule has 0 unspecified atom stereocenters. The van der Waals surface area contributed by atoms with E-state index in [9.17, 15) is 0 Å². The SMILES string of the molecule is CON(C)c1nc(NC(C)C)nc(SC)n1. The van der Waals surface area contributed by atoms with E-state index in [0.29, 0.717) is 17.1 Å². The molecule has 0 radical (unpaired) electrons. The summed E-state index contributed by atoms with van der Waals surface area (Å²) in [5.41, 5.74) is 0. The van der Waals surface area contributed by atoms with Crippen LogP contribution in [0.3, 0.4) is 0 Å². The van der Waals surface area contributed by atoms with Crippen LogP contribution >= 0.6 is 11.8 Å². The van der Waals surface area contributed by atoms with Crippen molar-refractivity contribution in [2.45, 2.75) is 25.0 Å². The minimum Gasteiger partial charge on any atom is -0.352 e. The van der Waals surface area contributed by atoms with Gasteiger partial charge in [0.2, 0.25) is 5.95 Å².